The molecule has 1 rings (SSSR count). The minimum absolute atomic E-state index is 0.224. The van der Waals surface area contributed by atoms with E-state index in [0.717, 1.165) is 0 Å². The minimum atomic E-state index is -0.760. The van der Waals surface area contributed by atoms with Gasteiger partial charge in [0.25, 0.3) is 5.89 Å². The van der Waals surface area contributed by atoms with Crippen molar-refractivity contribution < 1.29 is 14.4 Å². The van der Waals surface area contributed by atoms with Crippen LogP contribution in [0.15, 0.2) is 4.52 Å². The van der Waals surface area contributed by atoms with Crippen LogP contribution >= 0.6 is 0 Å². The molecular formula is C8H15N3O3. The Labute approximate surface area is 82.1 Å². The molecule has 1 aromatic heterocycles. The topological polar surface area (TPSA) is 94.4 Å². The second kappa shape index (κ2) is 5.69. The first-order valence-electron chi connectivity index (χ1n) is 4.47. The zero-order valence-electron chi connectivity index (χ0n) is 8.14. The van der Waals surface area contributed by atoms with Gasteiger partial charge in [0.05, 0.1) is 6.61 Å². The first-order valence-corrected chi connectivity index (χ1v) is 4.47. The highest BCUT2D eigenvalue weighted by Gasteiger charge is 2.14. The van der Waals surface area contributed by atoms with Gasteiger partial charge in [-0.15, -0.1) is 0 Å². The molecule has 1 heterocycles. The number of aromatic nitrogens is 2. The Kier molecular flexibility index (Phi) is 4.51. The first kappa shape index (κ1) is 11.1. The number of ether oxygens (including phenoxy) is 1. The molecule has 14 heavy (non-hydrogen) atoms. The lowest BCUT2D eigenvalue weighted by Gasteiger charge is -2.00. The van der Waals surface area contributed by atoms with Gasteiger partial charge in [-0.3, -0.25) is 0 Å². The number of methoxy groups -OCH3 is 1. The van der Waals surface area contributed by atoms with Gasteiger partial charge in [0.2, 0.25) is 0 Å². The zero-order valence-corrected chi connectivity index (χ0v) is 8.14. The van der Waals surface area contributed by atoms with Crippen molar-refractivity contribution in [1.82, 2.24) is 10.1 Å². The molecule has 3 N–H and O–H groups in total. The molecule has 0 saturated carbocycles. The van der Waals surface area contributed by atoms with Crippen molar-refractivity contribution in [2.24, 2.45) is 5.73 Å². The minimum Gasteiger partial charge on any atom is -0.384 e. The molecule has 0 aliphatic carbocycles. The number of hydrogen-bond acceptors (Lipinski definition) is 6. The maximum Gasteiger partial charge on any atom is 0.255 e. The third-order valence-electron chi connectivity index (χ3n) is 1.74. The Balaban J connectivity index is 2.49. The number of hydrogen-bond donors (Lipinski definition) is 2. The maximum absolute atomic E-state index is 9.45. The SMILES string of the molecule is COCCc1noc(C(O)CCN)n1. The molecule has 0 saturated heterocycles. The highest BCUT2D eigenvalue weighted by atomic mass is 16.5. The summed E-state index contributed by atoms with van der Waals surface area (Å²) in [6, 6.07) is 0. The van der Waals surface area contributed by atoms with E-state index in [1.165, 1.54) is 0 Å². The standard InChI is InChI=1S/C8H15N3O3/c1-13-5-3-7-10-8(14-11-7)6(12)2-4-9/h6,12H,2-5,9H2,1H3. The molecule has 0 radical (unpaired) electrons. The van der Waals surface area contributed by atoms with Gasteiger partial charge >= 0.3 is 0 Å². The Morgan fingerprint density at radius 2 is 2.43 bits per heavy atom. The summed E-state index contributed by atoms with van der Waals surface area (Å²) in [5.41, 5.74) is 5.28. The van der Waals surface area contributed by atoms with E-state index in [1.54, 1.807) is 7.11 Å². The second-order valence-electron chi connectivity index (χ2n) is 2.88. The lowest BCUT2D eigenvalue weighted by molar-refractivity contribution is 0.127. The molecule has 1 aromatic rings. The predicted octanol–water partition coefficient (Wildman–Crippen LogP) is -0.359. The lowest BCUT2D eigenvalue weighted by Crippen LogP contribution is -2.07. The van der Waals surface area contributed by atoms with E-state index in [-0.39, 0.29) is 5.89 Å². The van der Waals surface area contributed by atoms with Crippen molar-refractivity contribution in [2.45, 2.75) is 18.9 Å². The molecule has 0 spiro atoms. The van der Waals surface area contributed by atoms with Crippen LogP contribution in [0.5, 0.6) is 0 Å². The number of nitrogens with zero attached hydrogens (tertiary/aromatic N) is 2. The summed E-state index contributed by atoms with van der Waals surface area (Å²) in [5, 5.41) is 13.1. The summed E-state index contributed by atoms with van der Waals surface area (Å²) >= 11 is 0. The molecule has 80 valence electrons. The zero-order chi connectivity index (χ0) is 10.4. The second-order valence-corrected chi connectivity index (χ2v) is 2.88. The third kappa shape index (κ3) is 3.06. The van der Waals surface area contributed by atoms with Gasteiger partial charge in [-0.05, 0) is 13.0 Å². The van der Waals surface area contributed by atoms with E-state index in [2.05, 4.69) is 10.1 Å². The van der Waals surface area contributed by atoms with Gasteiger partial charge in [0.15, 0.2) is 5.82 Å². The molecular weight excluding hydrogens is 186 g/mol. The van der Waals surface area contributed by atoms with E-state index in [9.17, 15) is 5.11 Å². The van der Waals surface area contributed by atoms with Crippen molar-refractivity contribution in [1.29, 1.82) is 0 Å². The van der Waals surface area contributed by atoms with Gasteiger partial charge in [-0.1, -0.05) is 5.16 Å². The van der Waals surface area contributed by atoms with Crippen molar-refractivity contribution in [2.75, 3.05) is 20.3 Å². The molecule has 6 nitrogen and oxygen atoms in total. The fourth-order valence-corrected chi connectivity index (χ4v) is 0.979. The van der Waals surface area contributed by atoms with Gasteiger partial charge in [-0.25, -0.2) is 0 Å². The Morgan fingerprint density at radius 1 is 1.64 bits per heavy atom. The van der Waals surface area contributed by atoms with Gasteiger partial charge in [-0.2, -0.15) is 4.98 Å². The van der Waals surface area contributed by atoms with Crippen LogP contribution in [0.2, 0.25) is 0 Å². The van der Waals surface area contributed by atoms with Crippen LogP contribution in [-0.4, -0.2) is 35.5 Å². The van der Waals surface area contributed by atoms with Crippen LogP contribution in [0.1, 0.15) is 24.2 Å². The van der Waals surface area contributed by atoms with Crippen LogP contribution in [0.4, 0.5) is 0 Å². The number of aliphatic hydroxyl groups is 1. The monoisotopic (exact) mass is 201 g/mol. The largest absolute Gasteiger partial charge is 0.384 e. The molecule has 6 heteroatoms. The first-order chi connectivity index (χ1) is 6.77. The average Bonchev–Trinajstić information content (AvgIpc) is 2.63. The quantitative estimate of drug-likeness (QED) is 0.652. The molecule has 0 bridgehead atoms. The van der Waals surface area contributed by atoms with Crippen molar-refractivity contribution in [3.8, 4) is 0 Å². The summed E-state index contributed by atoms with van der Waals surface area (Å²) in [5.74, 6) is 0.763. The average molecular weight is 201 g/mol. The smallest absolute Gasteiger partial charge is 0.255 e. The molecule has 0 aliphatic heterocycles. The molecule has 1 atom stereocenters. The van der Waals surface area contributed by atoms with Crippen LogP contribution in [0, 0.1) is 0 Å². The van der Waals surface area contributed by atoms with Crippen molar-refractivity contribution in [3.63, 3.8) is 0 Å². The highest BCUT2D eigenvalue weighted by molar-refractivity contribution is 4.90. The summed E-state index contributed by atoms with van der Waals surface area (Å²) < 4.78 is 9.71. The lowest BCUT2D eigenvalue weighted by atomic mass is 10.2. The molecule has 0 aliphatic rings. The Morgan fingerprint density at radius 3 is 3.07 bits per heavy atom. The van der Waals surface area contributed by atoms with E-state index >= 15 is 0 Å². The van der Waals surface area contributed by atoms with Gasteiger partial charge in [0.1, 0.15) is 6.10 Å². The molecule has 0 amide bonds. The fraction of sp³-hybridized carbons (Fsp3) is 0.750. The molecule has 1 unspecified atom stereocenters. The van der Waals surface area contributed by atoms with E-state index in [4.69, 9.17) is 15.0 Å². The Hall–Kier alpha value is -0.980. The number of rotatable bonds is 6. The Bertz CT molecular complexity index is 264. The van der Waals surface area contributed by atoms with Crippen LogP contribution < -0.4 is 5.73 Å². The molecule has 0 fully saturated rings. The third-order valence-corrected chi connectivity index (χ3v) is 1.74. The fourth-order valence-electron chi connectivity index (χ4n) is 0.979. The van der Waals surface area contributed by atoms with Crippen LogP contribution in [0.3, 0.4) is 0 Å². The summed E-state index contributed by atoms with van der Waals surface area (Å²) in [7, 11) is 1.60. The van der Waals surface area contributed by atoms with Gasteiger partial charge in [0, 0.05) is 13.5 Å². The van der Waals surface area contributed by atoms with Crippen molar-refractivity contribution >= 4 is 0 Å². The highest BCUT2D eigenvalue weighted by Crippen LogP contribution is 2.13. The van der Waals surface area contributed by atoms with Crippen LogP contribution in [-0.2, 0) is 11.2 Å². The summed E-state index contributed by atoms with van der Waals surface area (Å²) in [6.07, 6.45) is 0.241. The van der Waals surface area contributed by atoms with Crippen LogP contribution in [0.25, 0.3) is 0 Å². The van der Waals surface area contributed by atoms with E-state index < -0.39 is 6.10 Å². The van der Waals surface area contributed by atoms with Crippen molar-refractivity contribution in [3.05, 3.63) is 11.7 Å². The maximum atomic E-state index is 9.45. The number of nitrogens with two attached hydrogens (primary N) is 1. The molecule has 0 aromatic carbocycles. The summed E-state index contributed by atoms with van der Waals surface area (Å²) in [4.78, 5) is 4.00. The summed E-state index contributed by atoms with van der Waals surface area (Å²) in [6.45, 7) is 0.920. The number of aliphatic hydroxyl groups excluding tert-OH is 1. The van der Waals surface area contributed by atoms with Gasteiger partial charge < -0.3 is 20.1 Å². The predicted molar refractivity (Wildman–Crippen MR) is 48.5 cm³/mol. The van der Waals surface area contributed by atoms with E-state index in [1.807, 2.05) is 0 Å². The van der Waals surface area contributed by atoms with E-state index in [0.29, 0.717) is 31.8 Å². The normalized spacial score (nSPS) is 13.1.